The molecular weight excluding hydrogens is 223 g/mol. The molecule has 0 aliphatic rings. The summed E-state index contributed by atoms with van der Waals surface area (Å²) < 4.78 is 36.3. The topological polar surface area (TPSA) is 40.5 Å². The van der Waals surface area contributed by atoms with Gasteiger partial charge in [0.15, 0.2) is 0 Å². The summed E-state index contributed by atoms with van der Waals surface area (Å²) in [7, 11) is 1.29. The van der Waals surface area contributed by atoms with Crippen LogP contribution in [0.25, 0.3) is 0 Å². The van der Waals surface area contributed by atoms with Gasteiger partial charge >= 0.3 is 12.1 Å². The van der Waals surface area contributed by atoms with Gasteiger partial charge in [0.2, 0.25) is 0 Å². The van der Waals surface area contributed by atoms with E-state index in [1.807, 2.05) is 0 Å². The summed E-state index contributed by atoms with van der Waals surface area (Å²) in [6.45, 7) is 2.19. The lowest BCUT2D eigenvalue weighted by atomic mass is 9.82. The van der Waals surface area contributed by atoms with Gasteiger partial charge in [0.25, 0.3) is 0 Å². The molecule has 0 aliphatic heterocycles. The van der Waals surface area contributed by atoms with Gasteiger partial charge in [-0.05, 0) is 19.9 Å². The van der Waals surface area contributed by atoms with Gasteiger partial charge in [-0.2, -0.15) is 13.2 Å². The molecule has 0 aromatic carbocycles. The molecule has 0 fully saturated rings. The SMILES string of the molecule is CCC(CC)(CN(C)CC(F)(F)F)C(=O)O. The second-order valence-electron chi connectivity index (χ2n) is 4.08. The summed E-state index contributed by atoms with van der Waals surface area (Å²) >= 11 is 0. The number of carbonyl (C=O) groups is 1. The molecule has 6 heteroatoms. The molecule has 16 heavy (non-hydrogen) atoms. The maximum absolute atomic E-state index is 12.1. The van der Waals surface area contributed by atoms with E-state index in [-0.39, 0.29) is 6.54 Å². The molecular formula is C10H18F3NO2. The zero-order valence-electron chi connectivity index (χ0n) is 9.76. The lowest BCUT2D eigenvalue weighted by Gasteiger charge is -2.32. The zero-order chi connectivity index (χ0) is 13.0. The first-order valence-electron chi connectivity index (χ1n) is 5.15. The van der Waals surface area contributed by atoms with E-state index in [1.54, 1.807) is 13.8 Å². The number of hydrogen-bond donors (Lipinski definition) is 1. The maximum atomic E-state index is 12.1. The Hall–Kier alpha value is -0.780. The van der Waals surface area contributed by atoms with Crippen LogP contribution in [0.15, 0.2) is 0 Å². The fraction of sp³-hybridized carbons (Fsp3) is 0.900. The first-order valence-corrected chi connectivity index (χ1v) is 5.15. The van der Waals surface area contributed by atoms with E-state index >= 15 is 0 Å². The Morgan fingerprint density at radius 3 is 1.88 bits per heavy atom. The van der Waals surface area contributed by atoms with Gasteiger partial charge in [0.1, 0.15) is 0 Å². The van der Waals surface area contributed by atoms with E-state index in [0.717, 1.165) is 4.90 Å². The van der Waals surface area contributed by atoms with Crippen LogP contribution in [0.5, 0.6) is 0 Å². The van der Waals surface area contributed by atoms with E-state index in [2.05, 4.69) is 0 Å². The van der Waals surface area contributed by atoms with E-state index in [1.165, 1.54) is 7.05 Å². The predicted octanol–water partition coefficient (Wildman–Crippen LogP) is 2.37. The lowest BCUT2D eigenvalue weighted by molar-refractivity contribution is -0.159. The maximum Gasteiger partial charge on any atom is 0.401 e. The molecule has 0 amide bonds. The molecule has 0 spiro atoms. The van der Waals surface area contributed by atoms with E-state index in [9.17, 15) is 18.0 Å². The van der Waals surface area contributed by atoms with E-state index in [4.69, 9.17) is 5.11 Å². The molecule has 0 rings (SSSR count). The smallest absolute Gasteiger partial charge is 0.401 e. The van der Waals surface area contributed by atoms with Crippen molar-refractivity contribution in [3.8, 4) is 0 Å². The molecule has 0 atom stereocenters. The Labute approximate surface area is 93.2 Å². The molecule has 3 nitrogen and oxygen atoms in total. The summed E-state index contributed by atoms with van der Waals surface area (Å²) in [6, 6.07) is 0. The predicted molar refractivity (Wildman–Crippen MR) is 54.2 cm³/mol. The molecule has 0 aliphatic carbocycles. The largest absolute Gasteiger partial charge is 0.481 e. The summed E-state index contributed by atoms with van der Waals surface area (Å²) in [5.74, 6) is -1.04. The van der Waals surface area contributed by atoms with Crippen molar-refractivity contribution in [1.29, 1.82) is 0 Å². The van der Waals surface area contributed by atoms with Gasteiger partial charge in [0.05, 0.1) is 12.0 Å². The van der Waals surface area contributed by atoms with Crippen LogP contribution < -0.4 is 0 Å². The minimum absolute atomic E-state index is 0.0884. The first-order chi connectivity index (χ1) is 7.17. The molecule has 0 bridgehead atoms. The zero-order valence-corrected chi connectivity index (χ0v) is 9.76. The Morgan fingerprint density at radius 1 is 1.19 bits per heavy atom. The summed E-state index contributed by atoms with van der Waals surface area (Å²) in [5, 5.41) is 9.06. The molecule has 0 saturated carbocycles. The van der Waals surface area contributed by atoms with Gasteiger partial charge in [-0.1, -0.05) is 13.8 Å². The molecule has 0 aromatic heterocycles. The monoisotopic (exact) mass is 241 g/mol. The fourth-order valence-corrected chi connectivity index (χ4v) is 1.72. The third-order valence-electron chi connectivity index (χ3n) is 2.83. The molecule has 0 unspecified atom stereocenters. The van der Waals surface area contributed by atoms with Crippen LogP contribution in [0.4, 0.5) is 13.2 Å². The van der Waals surface area contributed by atoms with E-state index in [0.29, 0.717) is 12.8 Å². The Morgan fingerprint density at radius 2 is 1.62 bits per heavy atom. The molecule has 0 heterocycles. The molecule has 96 valence electrons. The van der Waals surface area contributed by atoms with Crippen molar-refractivity contribution in [3.63, 3.8) is 0 Å². The van der Waals surface area contributed by atoms with Gasteiger partial charge < -0.3 is 5.11 Å². The summed E-state index contributed by atoms with van der Waals surface area (Å²) in [4.78, 5) is 12.1. The van der Waals surface area contributed by atoms with Crippen LogP contribution in [0.2, 0.25) is 0 Å². The Bertz CT molecular complexity index is 237. The van der Waals surface area contributed by atoms with Crippen molar-refractivity contribution in [2.45, 2.75) is 32.9 Å². The van der Waals surface area contributed by atoms with Crippen molar-refractivity contribution < 1.29 is 23.1 Å². The Balaban J connectivity index is 4.58. The quantitative estimate of drug-likeness (QED) is 0.776. The number of carboxylic acid groups (broad SMARTS) is 1. The average molecular weight is 241 g/mol. The van der Waals surface area contributed by atoms with Crippen molar-refractivity contribution in [2.24, 2.45) is 5.41 Å². The molecule has 1 N–H and O–H groups in total. The minimum Gasteiger partial charge on any atom is -0.481 e. The number of hydrogen-bond acceptors (Lipinski definition) is 2. The van der Waals surface area contributed by atoms with Crippen molar-refractivity contribution in [3.05, 3.63) is 0 Å². The second-order valence-corrected chi connectivity index (χ2v) is 4.08. The van der Waals surface area contributed by atoms with Crippen molar-refractivity contribution in [1.82, 2.24) is 4.90 Å². The highest BCUT2D eigenvalue weighted by Crippen LogP contribution is 2.28. The number of aliphatic carboxylic acids is 1. The van der Waals surface area contributed by atoms with Gasteiger partial charge in [0, 0.05) is 6.54 Å². The van der Waals surface area contributed by atoms with Crippen LogP contribution in [0, 0.1) is 5.41 Å². The average Bonchev–Trinajstić information content (AvgIpc) is 2.10. The van der Waals surface area contributed by atoms with Gasteiger partial charge in [-0.15, -0.1) is 0 Å². The number of rotatable bonds is 6. The third kappa shape index (κ3) is 4.38. The first kappa shape index (κ1) is 15.2. The number of carboxylic acids is 1. The van der Waals surface area contributed by atoms with Crippen LogP contribution in [0.3, 0.4) is 0 Å². The normalized spacial score (nSPS) is 13.2. The third-order valence-corrected chi connectivity index (χ3v) is 2.83. The number of alkyl halides is 3. The number of nitrogens with zero attached hydrogens (tertiary/aromatic N) is 1. The second kappa shape index (κ2) is 5.52. The summed E-state index contributed by atoms with van der Waals surface area (Å²) in [6.07, 6.45) is -3.65. The Kier molecular flexibility index (Phi) is 5.25. The van der Waals surface area contributed by atoms with Crippen LogP contribution in [-0.4, -0.2) is 42.3 Å². The summed E-state index contributed by atoms with van der Waals surface area (Å²) in [5.41, 5.74) is -1.08. The highest BCUT2D eigenvalue weighted by Gasteiger charge is 2.38. The highest BCUT2D eigenvalue weighted by molar-refractivity contribution is 5.74. The molecule has 0 radical (unpaired) electrons. The molecule has 0 aromatic rings. The van der Waals surface area contributed by atoms with Gasteiger partial charge in [-0.3, -0.25) is 9.69 Å². The standard InChI is InChI=1S/C10H18F3NO2/c1-4-9(5-2,8(15)16)6-14(3)7-10(11,12)13/h4-7H2,1-3H3,(H,15,16). The van der Waals surface area contributed by atoms with Crippen molar-refractivity contribution in [2.75, 3.05) is 20.1 Å². The highest BCUT2D eigenvalue weighted by atomic mass is 19.4. The van der Waals surface area contributed by atoms with Crippen LogP contribution in [-0.2, 0) is 4.79 Å². The fourth-order valence-electron chi connectivity index (χ4n) is 1.72. The number of halogens is 3. The van der Waals surface area contributed by atoms with Crippen LogP contribution in [0.1, 0.15) is 26.7 Å². The van der Waals surface area contributed by atoms with Gasteiger partial charge in [-0.25, -0.2) is 0 Å². The lowest BCUT2D eigenvalue weighted by Crippen LogP contribution is -2.44. The minimum atomic E-state index is -4.29. The molecule has 0 saturated heterocycles. The van der Waals surface area contributed by atoms with E-state index < -0.39 is 24.1 Å². The van der Waals surface area contributed by atoms with Crippen LogP contribution >= 0.6 is 0 Å². The van der Waals surface area contributed by atoms with Crippen molar-refractivity contribution >= 4 is 5.97 Å².